The van der Waals surface area contributed by atoms with Gasteiger partial charge in [-0.25, -0.2) is 4.98 Å². The lowest BCUT2D eigenvalue weighted by molar-refractivity contribution is -0.0500. The van der Waals surface area contributed by atoms with Crippen LogP contribution >= 0.6 is 0 Å². The van der Waals surface area contributed by atoms with E-state index in [0.29, 0.717) is 0 Å². The maximum atomic E-state index is 11.7. The van der Waals surface area contributed by atoms with Crippen LogP contribution in [-0.4, -0.2) is 59.8 Å². The Hall–Kier alpha value is -2.21. The Labute approximate surface area is 116 Å². The van der Waals surface area contributed by atoms with Crippen LogP contribution in [0.3, 0.4) is 0 Å². The fraction of sp³-hybridized carbons (Fsp3) is 0.500. The van der Waals surface area contributed by atoms with Crippen LogP contribution in [0, 0.1) is 0 Å². The number of nitrogens with one attached hydrogen (secondary N) is 1. The number of hydrogen-bond donors (Lipinski definition) is 6. The molecule has 8 N–H and O–H groups in total. The molecule has 114 valence electrons. The van der Waals surface area contributed by atoms with Crippen molar-refractivity contribution in [1.29, 1.82) is 0 Å². The van der Waals surface area contributed by atoms with Gasteiger partial charge in [0, 0.05) is 0 Å². The molecule has 21 heavy (non-hydrogen) atoms. The van der Waals surface area contributed by atoms with Crippen LogP contribution in [-0.2, 0) is 4.74 Å². The van der Waals surface area contributed by atoms with E-state index >= 15 is 0 Å². The predicted molar refractivity (Wildman–Crippen MR) is 70.0 cm³/mol. The molecule has 0 radical (unpaired) electrons. The van der Waals surface area contributed by atoms with Crippen LogP contribution in [0.15, 0.2) is 4.79 Å². The van der Waals surface area contributed by atoms with Gasteiger partial charge in [0.05, 0.1) is 6.61 Å². The molecular formula is C10H14N6O5. The summed E-state index contributed by atoms with van der Waals surface area (Å²) in [5, 5.41) is 28.9. The summed E-state index contributed by atoms with van der Waals surface area (Å²) in [6.07, 6.45) is -4.81. The van der Waals surface area contributed by atoms with Crippen LogP contribution in [0.5, 0.6) is 0 Å². The van der Waals surface area contributed by atoms with Gasteiger partial charge in [0.1, 0.15) is 18.3 Å². The van der Waals surface area contributed by atoms with Crippen LogP contribution in [0.25, 0.3) is 11.2 Å². The molecule has 0 amide bonds. The molecule has 1 fully saturated rings. The van der Waals surface area contributed by atoms with Crippen molar-refractivity contribution >= 4 is 23.1 Å². The summed E-state index contributed by atoms with van der Waals surface area (Å²) in [6.45, 7) is -0.489. The lowest BCUT2D eigenvalue weighted by Gasteiger charge is -2.17. The summed E-state index contributed by atoms with van der Waals surface area (Å²) in [5.41, 5.74) is 10.6. The first-order valence-electron chi connectivity index (χ1n) is 6.09. The zero-order valence-corrected chi connectivity index (χ0v) is 10.7. The van der Waals surface area contributed by atoms with Gasteiger partial charge in [-0.2, -0.15) is 4.98 Å². The number of aliphatic hydroxyl groups is 3. The van der Waals surface area contributed by atoms with Gasteiger partial charge in [0.25, 0.3) is 5.56 Å². The van der Waals surface area contributed by atoms with Gasteiger partial charge >= 0.3 is 0 Å². The number of nitrogens with zero attached hydrogens (tertiary/aromatic N) is 3. The summed E-state index contributed by atoms with van der Waals surface area (Å²) in [6, 6.07) is 0. The molecule has 0 bridgehead atoms. The van der Waals surface area contributed by atoms with E-state index in [2.05, 4.69) is 15.0 Å². The van der Waals surface area contributed by atoms with Crippen LogP contribution < -0.4 is 17.0 Å². The van der Waals surface area contributed by atoms with Gasteiger partial charge < -0.3 is 31.5 Å². The quantitative estimate of drug-likeness (QED) is 0.334. The SMILES string of the molecule is Nc1nc2c(nc(N)n2[C@H]2O[C@H](CO)[C@@H](O)[C@@H]2O)c(=O)[nH]1. The second-order valence-electron chi connectivity index (χ2n) is 4.69. The Morgan fingerprint density at radius 3 is 2.62 bits per heavy atom. The van der Waals surface area contributed by atoms with Crippen molar-refractivity contribution in [3.63, 3.8) is 0 Å². The van der Waals surface area contributed by atoms with E-state index in [1.165, 1.54) is 0 Å². The second-order valence-corrected chi connectivity index (χ2v) is 4.69. The zero-order chi connectivity index (χ0) is 15.3. The first-order chi connectivity index (χ1) is 9.93. The number of imidazole rings is 1. The monoisotopic (exact) mass is 298 g/mol. The highest BCUT2D eigenvalue weighted by Gasteiger charge is 2.44. The van der Waals surface area contributed by atoms with Gasteiger partial charge in [-0.15, -0.1) is 0 Å². The average molecular weight is 298 g/mol. The van der Waals surface area contributed by atoms with E-state index in [9.17, 15) is 15.0 Å². The van der Waals surface area contributed by atoms with Crippen molar-refractivity contribution in [3.8, 4) is 0 Å². The fourth-order valence-electron chi connectivity index (χ4n) is 2.36. The van der Waals surface area contributed by atoms with Gasteiger partial charge in [0.15, 0.2) is 17.4 Å². The van der Waals surface area contributed by atoms with Gasteiger partial charge in [-0.1, -0.05) is 0 Å². The van der Waals surface area contributed by atoms with Crippen LogP contribution in [0.1, 0.15) is 6.23 Å². The van der Waals surface area contributed by atoms with Crippen molar-refractivity contribution in [3.05, 3.63) is 10.4 Å². The number of fused-ring (bicyclic) bond motifs is 1. The Kier molecular flexibility index (Phi) is 3.06. The van der Waals surface area contributed by atoms with E-state index in [1.54, 1.807) is 0 Å². The first-order valence-corrected chi connectivity index (χ1v) is 6.09. The van der Waals surface area contributed by atoms with Crippen molar-refractivity contribution in [1.82, 2.24) is 19.5 Å². The Morgan fingerprint density at radius 1 is 1.29 bits per heavy atom. The van der Waals surface area contributed by atoms with Gasteiger partial charge in [0.2, 0.25) is 11.9 Å². The molecule has 4 atom stereocenters. The average Bonchev–Trinajstić information content (AvgIpc) is 2.89. The third-order valence-electron chi connectivity index (χ3n) is 3.37. The Morgan fingerprint density at radius 2 is 2.00 bits per heavy atom. The number of aliphatic hydroxyl groups excluding tert-OH is 3. The van der Waals surface area contributed by atoms with Crippen LogP contribution in [0.2, 0.25) is 0 Å². The summed E-state index contributed by atoms with van der Waals surface area (Å²) in [7, 11) is 0. The molecule has 0 saturated carbocycles. The number of anilines is 2. The van der Waals surface area contributed by atoms with Crippen molar-refractivity contribution in [2.75, 3.05) is 18.1 Å². The van der Waals surface area contributed by atoms with Crippen LogP contribution in [0.4, 0.5) is 11.9 Å². The van der Waals surface area contributed by atoms with E-state index in [0.717, 1.165) is 4.57 Å². The lowest BCUT2D eigenvalue weighted by atomic mass is 10.1. The number of nitrogens with two attached hydrogens (primary N) is 2. The number of aromatic amines is 1. The minimum atomic E-state index is -1.37. The van der Waals surface area contributed by atoms with Crippen molar-refractivity contribution < 1.29 is 20.1 Å². The predicted octanol–water partition coefficient (Wildman–Crippen LogP) is -3.10. The largest absolute Gasteiger partial charge is 0.394 e. The normalized spacial score (nSPS) is 29.3. The zero-order valence-electron chi connectivity index (χ0n) is 10.7. The number of aromatic nitrogens is 4. The molecule has 2 aromatic heterocycles. The highest BCUT2D eigenvalue weighted by Crippen LogP contribution is 2.32. The van der Waals surface area contributed by atoms with E-state index in [-0.39, 0.29) is 23.1 Å². The second kappa shape index (κ2) is 4.66. The number of ether oxygens (including phenoxy) is 1. The summed E-state index contributed by atoms with van der Waals surface area (Å²) in [4.78, 5) is 21.8. The lowest BCUT2D eigenvalue weighted by Crippen LogP contribution is -2.33. The molecule has 0 aliphatic carbocycles. The van der Waals surface area contributed by atoms with E-state index < -0.39 is 36.7 Å². The minimum absolute atomic E-state index is 0.0172. The standard InChI is InChI=1S/C10H14N6O5/c11-9-14-6-3(7(20)15-9)13-10(12)16(6)8-5(19)4(18)2(1-17)21-8/h2,4-5,8,17-19H,1H2,(H2,12,13)(H3,11,14,15,20)/t2-,4-,5+,8+/m1/s1. The smallest absolute Gasteiger partial charge is 0.280 e. The van der Waals surface area contributed by atoms with E-state index in [4.69, 9.17) is 21.3 Å². The molecule has 0 spiro atoms. The maximum Gasteiger partial charge on any atom is 0.280 e. The fourth-order valence-corrected chi connectivity index (χ4v) is 2.36. The number of rotatable bonds is 2. The summed E-state index contributed by atoms with van der Waals surface area (Å²) >= 11 is 0. The molecule has 3 heterocycles. The summed E-state index contributed by atoms with van der Waals surface area (Å²) in [5.74, 6) is -0.288. The number of nitrogen functional groups attached to an aromatic ring is 2. The molecule has 0 unspecified atom stereocenters. The summed E-state index contributed by atoms with van der Waals surface area (Å²) < 4.78 is 6.51. The molecule has 1 aliphatic heterocycles. The molecule has 1 aliphatic rings. The Bertz CT molecular complexity index is 741. The van der Waals surface area contributed by atoms with Crippen molar-refractivity contribution in [2.45, 2.75) is 24.5 Å². The van der Waals surface area contributed by atoms with Gasteiger partial charge in [-0.3, -0.25) is 14.3 Å². The van der Waals surface area contributed by atoms with E-state index in [1.807, 2.05) is 0 Å². The third kappa shape index (κ3) is 1.94. The highest BCUT2D eigenvalue weighted by molar-refractivity contribution is 5.74. The topological polar surface area (TPSA) is 186 Å². The van der Waals surface area contributed by atoms with Gasteiger partial charge in [-0.05, 0) is 0 Å². The molecule has 11 heteroatoms. The number of hydrogen-bond acceptors (Lipinski definition) is 9. The Balaban J connectivity index is 2.17. The molecule has 2 aromatic rings. The highest BCUT2D eigenvalue weighted by atomic mass is 16.6. The molecule has 1 saturated heterocycles. The van der Waals surface area contributed by atoms with Crippen molar-refractivity contribution in [2.24, 2.45) is 0 Å². The first kappa shape index (κ1) is 13.8. The number of H-pyrrole nitrogens is 1. The molecule has 3 rings (SSSR count). The third-order valence-corrected chi connectivity index (χ3v) is 3.37. The maximum absolute atomic E-state index is 11.7. The molecular weight excluding hydrogens is 284 g/mol. The molecule has 11 nitrogen and oxygen atoms in total. The molecule has 0 aromatic carbocycles. The minimum Gasteiger partial charge on any atom is -0.394 e.